The van der Waals surface area contributed by atoms with Crippen LogP contribution >= 0.6 is 0 Å². The van der Waals surface area contributed by atoms with Crippen molar-refractivity contribution in [1.82, 2.24) is 35.3 Å². The normalized spacial score (nSPS) is 15.8. The molecule has 2 N–H and O–H groups in total. The summed E-state index contributed by atoms with van der Waals surface area (Å²) in [6.45, 7) is 7.50. The van der Waals surface area contributed by atoms with Crippen molar-refractivity contribution in [2.24, 2.45) is 7.05 Å². The smallest absolute Gasteiger partial charge is 0.284 e. The molecule has 0 saturated heterocycles. The maximum atomic E-state index is 13.0. The van der Waals surface area contributed by atoms with E-state index < -0.39 is 0 Å². The highest BCUT2D eigenvalue weighted by molar-refractivity contribution is 5.92. The first-order valence-electron chi connectivity index (χ1n) is 12.1. The van der Waals surface area contributed by atoms with E-state index >= 15 is 0 Å². The van der Waals surface area contributed by atoms with Gasteiger partial charge in [0, 0.05) is 43.4 Å². The number of nitrogens with one attached hydrogen (secondary N) is 2. The van der Waals surface area contributed by atoms with Crippen LogP contribution in [0.2, 0.25) is 0 Å². The molecule has 1 unspecified atom stereocenters. The van der Waals surface area contributed by atoms with Crippen LogP contribution in [0.3, 0.4) is 0 Å². The molecule has 0 radical (unpaired) electrons. The topological polar surface area (TPSA) is 124 Å². The first-order chi connectivity index (χ1) is 17.3. The van der Waals surface area contributed by atoms with Crippen LogP contribution in [0.4, 0.5) is 11.6 Å². The van der Waals surface area contributed by atoms with Crippen molar-refractivity contribution in [3.63, 3.8) is 0 Å². The van der Waals surface area contributed by atoms with E-state index in [0.717, 1.165) is 47.6 Å². The van der Waals surface area contributed by atoms with Gasteiger partial charge in [0.1, 0.15) is 0 Å². The van der Waals surface area contributed by atoms with Crippen molar-refractivity contribution >= 4 is 17.4 Å². The summed E-state index contributed by atoms with van der Waals surface area (Å²) < 4.78 is 7.41. The lowest BCUT2D eigenvalue weighted by Crippen LogP contribution is -2.13. The number of hydrogen-bond donors (Lipinski definition) is 2. The zero-order chi connectivity index (χ0) is 25.3. The molecule has 0 fully saturated rings. The lowest BCUT2D eigenvalue weighted by atomic mass is 9.87. The minimum absolute atomic E-state index is 0.0646. The van der Waals surface area contributed by atoms with Crippen LogP contribution in [0.1, 0.15) is 67.2 Å². The molecular formula is C26H30N8O2. The molecule has 10 nitrogen and oxygen atoms in total. The van der Waals surface area contributed by atoms with Crippen LogP contribution in [-0.2, 0) is 19.0 Å². The summed E-state index contributed by atoms with van der Waals surface area (Å²) >= 11 is 0. The van der Waals surface area contributed by atoms with Crippen molar-refractivity contribution in [2.75, 3.05) is 11.9 Å². The quantitative estimate of drug-likeness (QED) is 0.387. The van der Waals surface area contributed by atoms with Crippen molar-refractivity contribution in [1.29, 1.82) is 0 Å². The molecule has 5 rings (SSSR count). The molecule has 1 atom stereocenters. The van der Waals surface area contributed by atoms with Gasteiger partial charge in [0.2, 0.25) is 17.6 Å². The van der Waals surface area contributed by atoms with E-state index in [0.29, 0.717) is 18.3 Å². The van der Waals surface area contributed by atoms with Crippen LogP contribution < -0.4 is 10.6 Å². The number of carbonyl (C=O) groups excluding carboxylic acids is 1. The maximum Gasteiger partial charge on any atom is 0.284 e. The minimum Gasteiger partial charge on any atom is -0.418 e. The van der Waals surface area contributed by atoms with Gasteiger partial charge in [0.15, 0.2) is 0 Å². The van der Waals surface area contributed by atoms with Gasteiger partial charge in [-0.25, -0.2) is 9.97 Å². The Morgan fingerprint density at radius 3 is 2.86 bits per heavy atom. The van der Waals surface area contributed by atoms with Crippen molar-refractivity contribution in [3.05, 3.63) is 65.8 Å². The highest BCUT2D eigenvalue weighted by Crippen LogP contribution is 2.33. The molecule has 4 aromatic rings. The fraction of sp³-hybridized carbons (Fsp3) is 0.385. The van der Waals surface area contributed by atoms with E-state index in [4.69, 9.17) is 4.42 Å². The number of Topliss-reactive ketones (excluding diaryl/α,β-unsaturated/α-hetero) is 1. The molecule has 0 bridgehead atoms. The Morgan fingerprint density at radius 1 is 1.25 bits per heavy atom. The van der Waals surface area contributed by atoms with Crippen LogP contribution in [0.15, 0.2) is 47.3 Å². The number of rotatable bonds is 6. The highest BCUT2D eigenvalue weighted by Gasteiger charge is 2.27. The van der Waals surface area contributed by atoms with Crippen molar-refractivity contribution in [3.8, 4) is 11.3 Å². The van der Waals surface area contributed by atoms with Gasteiger partial charge in [0.25, 0.3) is 5.89 Å². The number of aromatic nitrogens is 6. The Labute approximate surface area is 209 Å². The maximum absolute atomic E-state index is 13.0. The van der Waals surface area contributed by atoms with E-state index in [1.165, 1.54) is 0 Å². The van der Waals surface area contributed by atoms with Gasteiger partial charge in [-0.05, 0) is 42.1 Å². The first kappa shape index (κ1) is 23.8. The summed E-state index contributed by atoms with van der Waals surface area (Å²) in [5.74, 6) is 1.01. The number of ketones is 1. The summed E-state index contributed by atoms with van der Waals surface area (Å²) in [7, 11) is 1.86. The number of aryl methyl sites for hydroxylation is 1. The third kappa shape index (κ3) is 5.18. The lowest BCUT2D eigenvalue weighted by molar-refractivity contribution is 0.0935. The van der Waals surface area contributed by atoms with Crippen molar-refractivity contribution < 1.29 is 9.21 Å². The zero-order valence-corrected chi connectivity index (χ0v) is 20.9. The first-order valence-corrected chi connectivity index (χ1v) is 12.1. The van der Waals surface area contributed by atoms with E-state index in [9.17, 15) is 4.79 Å². The Morgan fingerprint density at radius 2 is 2.11 bits per heavy atom. The molecule has 10 heteroatoms. The second-order valence-corrected chi connectivity index (χ2v) is 10.2. The summed E-state index contributed by atoms with van der Waals surface area (Å²) in [4.78, 5) is 22.0. The molecule has 0 spiro atoms. The molecule has 36 heavy (non-hydrogen) atoms. The number of nitrogens with zero attached hydrogens (tertiary/aromatic N) is 6. The fourth-order valence-corrected chi connectivity index (χ4v) is 4.33. The highest BCUT2D eigenvalue weighted by atomic mass is 16.4. The summed E-state index contributed by atoms with van der Waals surface area (Å²) in [5.41, 5.74) is 4.65. The predicted octanol–water partition coefficient (Wildman–Crippen LogP) is 4.15. The summed E-state index contributed by atoms with van der Waals surface area (Å²) in [5, 5.41) is 18.9. The number of anilines is 2. The van der Waals surface area contributed by atoms with E-state index in [1.807, 2.05) is 40.1 Å². The van der Waals surface area contributed by atoms with Gasteiger partial charge in [-0.2, -0.15) is 5.10 Å². The molecule has 3 aromatic heterocycles. The molecule has 1 aliphatic rings. The summed E-state index contributed by atoms with van der Waals surface area (Å²) in [6.07, 6.45) is 6.51. The van der Waals surface area contributed by atoms with Crippen LogP contribution in [0, 0.1) is 0 Å². The van der Waals surface area contributed by atoms with Gasteiger partial charge in [0.05, 0.1) is 17.6 Å². The standard InChI is InChI=1S/C26H30N8O2/c1-26(2,3)24-33-32-23(36-24)22(35)12-16-7-9-27-13-18-11-17(5-6-20(16)18)21-8-10-28-25(31-21)30-19-14-29-34(4)15-19/h5-6,8,10-11,14-16,27H,7,9,12-13H2,1-4H3,(H,28,30,31). The second kappa shape index (κ2) is 9.62. The number of fused-ring (bicyclic) bond motifs is 1. The van der Waals surface area contributed by atoms with E-state index in [1.54, 1.807) is 17.1 Å². The zero-order valence-electron chi connectivity index (χ0n) is 20.9. The third-order valence-corrected chi connectivity index (χ3v) is 6.22. The van der Waals surface area contributed by atoms with Gasteiger partial charge in [-0.15, -0.1) is 10.2 Å². The fourth-order valence-electron chi connectivity index (χ4n) is 4.33. The molecular weight excluding hydrogens is 456 g/mol. The Balaban J connectivity index is 1.36. The van der Waals surface area contributed by atoms with Gasteiger partial charge < -0.3 is 15.1 Å². The SMILES string of the molecule is Cn1cc(Nc2nccc(-c3ccc4c(c3)CNCCC4CC(=O)c3nnc(C(C)(C)C)o3)n2)cn1. The largest absolute Gasteiger partial charge is 0.418 e. The Bertz CT molecular complexity index is 1380. The van der Waals surface area contributed by atoms with E-state index in [2.05, 4.69) is 54.1 Å². The second-order valence-electron chi connectivity index (χ2n) is 10.2. The molecule has 4 heterocycles. The summed E-state index contributed by atoms with van der Waals surface area (Å²) in [6, 6.07) is 8.21. The third-order valence-electron chi connectivity index (χ3n) is 6.22. The number of hydrogen-bond acceptors (Lipinski definition) is 9. The lowest BCUT2D eigenvalue weighted by Gasteiger charge is -2.17. The van der Waals surface area contributed by atoms with E-state index in [-0.39, 0.29) is 23.0 Å². The molecule has 0 saturated carbocycles. The molecule has 0 amide bonds. The minimum atomic E-state index is -0.296. The average Bonchev–Trinajstić information content (AvgIpc) is 3.46. The molecule has 186 valence electrons. The Kier molecular flexibility index (Phi) is 6.36. The van der Waals surface area contributed by atoms with Crippen LogP contribution in [0.5, 0.6) is 0 Å². The van der Waals surface area contributed by atoms with Crippen molar-refractivity contribution in [2.45, 2.75) is 51.5 Å². The van der Waals surface area contributed by atoms with Gasteiger partial charge in [-0.1, -0.05) is 32.9 Å². The van der Waals surface area contributed by atoms with Crippen LogP contribution in [0.25, 0.3) is 11.3 Å². The van der Waals surface area contributed by atoms with Gasteiger partial charge in [-0.3, -0.25) is 9.48 Å². The van der Waals surface area contributed by atoms with Gasteiger partial charge >= 0.3 is 0 Å². The number of benzene rings is 1. The molecule has 1 aromatic carbocycles. The Hall–Kier alpha value is -3.92. The average molecular weight is 487 g/mol. The van der Waals surface area contributed by atoms with Crippen LogP contribution in [-0.4, -0.2) is 42.3 Å². The monoisotopic (exact) mass is 486 g/mol. The number of carbonyl (C=O) groups is 1. The molecule has 0 aliphatic carbocycles. The molecule has 1 aliphatic heterocycles. The predicted molar refractivity (Wildman–Crippen MR) is 135 cm³/mol.